The van der Waals surface area contributed by atoms with E-state index >= 15 is 0 Å². The van der Waals surface area contributed by atoms with Gasteiger partial charge in [-0.2, -0.15) is 0 Å². The molecule has 0 aromatic heterocycles. The van der Waals surface area contributed by atoms with Gasteiger partial charge in [-0.05, 0) is 161 Å². The molecule has 0 bridgehead atoms. The van der Waals surface area contributed by atoms with Gasteiger partial charge < -0.3 is 4.90 Å². The van der Waals surface area contributed by atoms with Gasteiger partial charge in [-0.15, -0.1) is 0 Å². The van der Waals surface area contributed by atoms with E-state index in [0.29, 0.717) is 0 Å². The van der Waals surface area contributed by atoms with Crippen LogP contribution in [0.2, 0.25) is 0 Å². The molecule has 1 nitrogen and oxygen atoms in total. The molecule has 0 N–H and O–H groups in total. The minimum atomic E-state index is 1.08. The van der Waals surface area contributed by atoms with Crippen LogP contribution in [0, 0.1) is 0 Å². The van der Waals surface area contributed by atoms with Crippen molar-refractivity contribution in [2.75, 3.05) is 4.90 Å². The Hall–Kier alpha value is -8.52. The monoisotopic (exact) mass is 827 g/mol. The largest absolute Gasteiger partial charge is 0.311 e. The summed E-state index contributed by atoms with van der Waals surface area (Å²) in [7, 11) is 0. The zero-order chi connectivity index (χ0) is 43.4. The van der Waals surface area contributed by atoms with Crippen LogP contribution in [0.25, 0.3) is 88.7 Å². The lowest BCUT2D eigenvalue weighted by Gasteiger charge is -2.26. The number of hydrogen-bond acceptors (Lipinski definition) is 1. The van der Waals surface area contributed by atoms with E-state index in [2.05, 4.69) is 278 Å². The maximum Gasteiger partial charge on any atom is 0.0462 e. The summed E-state index contributed by atoms with van der Waals surface area (Å²) in [5, 5.41) is 2.50. The van der Waals surface area contributed by atoms with Gasteiger partial charge in [0.25, 0.3) is 0 Å². The molecule has 0 aliphatic rings. The van der Waals surface area contributed by atoms with E-state index in [1.165, 1.54) is 77.5 Å². The number of nitrogens with zero attached hydrogens (tertiary/aromatic N) is 1. The topological polar surface area (TPSA) is 3.24 Å². The fraction of sp³-hybridized carbons (Fsp3) is 0. The van der Waals surface area contributed by atoms with Gasteiger partial charge in [-0.25, -0.2) is 0 Å². The molecule has 0 amide bonds. The van der Waals surface area contributed by atoms with Gasteiger partial charge in [0.2, 0.25) is 0 Å². The molecule has 306 valence electrons. The molecule has 0 unspecified atom stereocenters. The van der Waals surface area contributed by atoms with E-state index in [1.807, 2.05) is 0 Å². The van der Waals surface area contributed by atoms with Crippen molar-refractivity contribution in [2.45, 2.75) is 0 Å². The molecule has 11 aromatic rings. The second-order valence-corrected chi connectivity index (χ2v) is 16.6. The fourth-order valence-electron chi connectivity index (χ4n) is 9.10. The molecular formula is C64H45N. The molecule has 65 heavy (non-hydrogen) atoms. The Morgan fingerprint density at radius 2 is 0.462 bits per heavy atom. The van der Waals surface area contributed by atoms with Crippen LogP contribution >= 0.6 is 0 Å². The quantitative estimate of drug-likeness (QED) is 0.133. The van der Waals surface area contributed by atoms with Crippen molar-refractivity contribution in [3.8, 4) is 77.9 Å². The summed E-state index contributed by atoms with van der Waals surface area (Å²) >= 11 is 0. The maximum absolute atomic E-state index is 2.37. The molecule has 0 spiro atoms. The average molecular weight is 828 g/mol. The SMILES string of the molecule is c1ccc(-c2cc(-c3ccccc3)cc(-c3ccc(N(c4ccc(-c5cc(-c6ccccc6)cc(-c6ccccc6)c5)cc4)c4ccc(-c5cccc6ccccc56)cc4)cc3)c2)cc1. The molecule has 11 aromatic carbocycles. The number of fused-ring (bicyclic) bond motifs is 1. The fourth-order valence-corrected chi connectivity index (χ4v) is 9.10. The lowest BCUT2D eigenvalue weighted by molar-refractivity contribution is 1.28. The average Bonchev–Trinajstić information content (AvgIpc) is 3.40. The van der Waals surface area contributed by atoms with E-state index in [1.54, 1.807) is 0 Å². The van der Waals surface area contributed by atoms with E-state index < -0.39 is 0 Å². The molecule has 0 heterocycles. The lowest BCUT2D eigenvalue weighted by Crippen LogP contribution is -2.09. The number of benzene rings is 11. The molecule has 0 saturated heterocycles. The zero-order valence-electron chi connectivity index (χ0n) is 35.9. The van der Waals surface area contributed by atoms with Crippen molar-refractivity contribution in [1.29, 1.82) is 0 Å². The highest BCUT2D eigenvalue weighted by atomic mass is 15.1. The highest BCUT2D eigenvalue weighted by Crippen LogP contribution is 2.41. The standard InChI is InChI=1S/C64H45N/c1-5-16-46(17-6-1)54-40-55(47-18-7-2-8-19-47)43-58(42-54)50-28-34-60(35-29-50)65(62-38-32-53(33-39-62)64-27-15-25-52-24-13-14-26-63(52)64)61-36-30-51(31-37-61)59-44-56(48-20-9-3-10-21-48)41-57(45-59)49-22-11-4-12-23-49/h1-45H. The molecular weight excluding hydrogens is 783 g/mol. The second kappa shape index (κ2) is 17.7. The van der Waals surface area contributed by atoms with E-state index in [9.17, 15) is 0 Å². The minimum absolute atomic E-state index is 1.08. The van der Waals surface area contributed by atoms with Crippen molar-refractivity contribution < 1.29 is 0 Å². The normalized spacial score (nSPS) is 11.1. The molecule has 0 aliphatic carbocycles. The van der Waals surface area contributed by atoms with Gasteiger partial charge >= 0.3 is 0 Å². The molecule has 1 heteroatoms. The smallest absolute Gasteiger partial charge is 0.0462 e. The van der Waals surface area contributed by atoms with Gasteiger partial charge in [0, 0.05) is 17.1 Å². The zero-order valence-corrected chi connectivity index (χ0v) is 35.9. The first-order chi connectivity index (χ1) is 32.2. The van der Waals surface area contributed by atoms with Gasteiger partial charge in [-0.1, -0.05) is 200 Å². The van der Waals surface area contributed by atoms with E-state index in [0.717, 1.165) is 28.2 Å². The molecule has 0 radical (unpaired) electrons. The number of rotatable bonds is 10. The Labute approximate surface area is 381 Å². The third-order valence-electron chi connectivity index (χ3n) is 12.4. The predicted molar refractivity (Wildman–Crippen MR) is 277 cm³/mol. The summed E-state index contributed by atoms with van der Waals surface area (Å²) in [6.07, 6.45) is 0. The van der Waals surface area contributed by atoms with Crippen LogP contribution in [0.1, 0.15) is 0 Å². The van der Waals surface area contributed by atoms with Crippen LogP contribution in [-0.2, 0) is 0 Å². The summed E-state index contributed by atoms with van der Waals surface area (Å²) in [6.45, 7) is 0. The van der Waals surface area contributed by atoms with Crippen LogP contribution in [0.15, 0.2) is 273 Å². The first-order valence-corrected chi connectivity index (χ1v) is 22.3. The third kappa shape index (κ3) is 8.27. The molecule has 0 saturated carbocycles. The molecule has 0 atom stereocenters. The van der Waals surface area contributed by atoms with Crippen molar-refractivity contribution in [3.63, 3.8) is 0 Å². The van der Waals surface area contributed by atoms with Crippen molar-refractivity contribution in [1.82, 2.24) is 0 Å². The lowest BCUT2D eigenvalue weighted by atomic mass is 9.93. The highest BCUT2D eigenvalue weighted by Gasteiger charge is 2.16. The third-order valence-corrected chi connectivity index (χ3v) is 12.4. The van der Waals surface area contributed by atoms with E-state index in [-0.39, 0.29) is 0 Å². The van der Waals surface area contributed by atoms with Crippen LogP contribution in [-0.4, -0.2) is 0 Å². The number of anilines is 3. The Kier molecular flexibility index (Phi) is 10.7. The Balaban J connectivity index is 0.995. The van der Waals surface area contributed by atoms with Crippen molar-refractivity contribution in [3.05, 3.63) is 273 Å². The van der Waals surface area contributed by atoms with E-state index in [4.69, 9.17) is 0 Å². The van der Waals surface area contributed by atoms with Crippen molar-refractivity contribution >= 4 is 27.8 Å². The maximum atomic E-state index is 2.37. The Morgan fingerprint density at radius 1 is 0.185 bits per heavy atom. The Bertz CT molecular complexity index is 3070. The first kappa shape index (κ1) is 39.3. The summed E-state index contributed by atoms with van der Waals surface area (Å²) in [5.74, 6) is 0. The summed E-state index contributed by atoms with van der Waals surface area (Å²) in [6, 6.07) is 98.8. The predicted octanol–water partition coefficient (Wildman–Crippen LogP) is 18.0. The van der Waals surface area contributed by atoms with Crippen LogP contribution in [0.5, 0.6) is 0 Å². The first-order valence-electron chi connectivity index (χ1n) is 22.3. The highest BCUT2D eigenvalue weighted by molar-refractivity contribution is 5.97. The van der Waals surface area contributed by atoms with Crippen LogP contribution < -0.4 is 4.90 Å². The van der Waals surface area contributed by atoms with Crippen LogP contribution in [0.4, 0.5) is 17.1 Å². The second-order valence-electron chi connectivity index (χ2n) is 16.6. The molecule has 0 fully saturated rings. The van der Waals surface area contributed by atoms with Crippen LogP contribution in [0.3, 0.4) is 0 Å². The summed E-state index contributed by atoms with van der Waals surface area (Å²) in [4.78, 5) is 2.37. The summed E-state index contributed by atoms with van der Waals surface area (Å²) in [5.41, 5.74) is 20.0. The number of hydrogen-bond donors (Lipinski definition) is 0. The Morgan fingerprint density at radius 3 is 0.815 bits per heavy atom. The van der Waals surface area contributed by atoms with Gasteiger partial charge in [0.1, 0.15) is 0 Å². The molecule has 11 rings (SSSR count). The van der Waals surface area contributed by atoms with Crippen molar-refractivity contribution in [2.24, 2.45) is 0 Å². The van der Waals surface area contributed by atoms with Gasteiger partial charge in [-0.3, -0.25) is 0 Å². The van der Waals surface area contributed by atoms with Gasteiger partial charge in [0.15, 0.2) is 0 Å². The van der Waals surface area contributed by atoms with Gasteiger partial charge in [0.05, 0.1) is 0 Å². The minimum Gasteiger partial charge on any atom is -0.311 e. The summed E-state index contributed by atoms with van der Waals surface area (Å²) < 4.78 is 0. The molecule has 0 aliphatic heterocycles.